The first-order valence-corrected chi connectivity index (χ1v) is 5.31. The Morgan fingerprint density at radius 1 is 1.67 bits per heavy atom. The number of alkyl halides is 2. The number of carbonyl (C=O) groups is 1. The number of ketones is 1. The van der Waals surface area contributed by atoms with E-state index in [-0.39, 0.29) is 24.3 Å². The Labute approximate surface area is 89.1 Å². The summed E-state index contributed by atoms with van der Waals surface area (Å²) in [5, 5.41) is 1.92. The van der Waals surface area contributed by atoms with E-state index in [4.69, 9.17) is 4.74 Å². The van der Waals surface area contributed by atoms with Crippen molar-refractivity contribution < 1.29 is 18.3 Å². The summed E-state index contributed by atoms with van der Waals surface area (Å²) in [5.41, 5.74) is 0.234. The van der Waals surface area contributed by atoms with Crippen LogP contribution < -0.4 is 4.74 Å². The summed E-state index contributed by atoms with van der Waals surface area (Å²) < 4.78 is 29.9. The molecule has 1 heterocycles. The topological polar surface area (TPSA) is 39.2 Å². The van der Waals surface area contributed by atoms with Crippen LogP contribution in [0.2, 0.25) is 0 Å². The molecule has 3 nitrogen and oxygen atoms in total. The molecule has 1 saturated carbocycles. The summed E-state index contributed by atoms with van der Waals surface area (Å²) in [4.78, 5) is 15.5. The lowest BCUT2D eigenvalue weighted by Crippen LogP contribution is -2.40. The van der Waals surface area contributed by atoms with Gasteiger partial charge >= 0.3 is 0 Å². The molecule has 0 spiro atoms. The van der Waals surface area contributed by atoms with Gasteiger partial charge in [-0.2, -0.15) is 4.98 Å². The third-order valence-electron chi connectivity index (χ3n) is 2.37. The van der Waals surface area contributed by atoms with Crippen LogP contribution in [0.1, 0.15) is 23.3 Å². The van der Waals surface area contributed by atoms with Crippen molar-refractivity contribution in [2.24, 2.45) is 5.92 Å². The van der Waals surface area contributed by atoms with Gasteiger partial charge in [0.1, 0.15) is 5.69 Å². The molecule has 0 aliphatic heterocycles. The van der Waals surface area contributed by atoms with Crippen molar-refractivity contribution in [2.75, 3.05) is 7.11 Å². The van der Waals surface area contributed by atoms with Crippen LogP contribution in [0.25, 0.3) is 0 Å². The Balaban J connectivity index is 2.03. The van der Waals surface area contributed by atoms with E-state index in [1.807, 2.05) is 0 Å². The molecule has 6 heteroatoms. The molecule has 1 aromatic heterocycles. The number of Topliss-reactive ketones (excluding diaryl/α,β-unsaturated/α-hetero) is 1. The van der Waals surface area contributed by atoms with Crippen molar-refractivity contribution in [1.29, 1.82) is 0 Å². The quantitative estimate of drug-likeness (QED) is 0.752. The van der Waals surface area contributed by atoms with Gasteiger partial charge in [0.05, 0.1) is 7.11 Å². The molecule has 0 unspecified atom stereocenters. The van der Waals surface area contributed by atoms with Gasteiger partial charge in [0.2, 0.25) is 5.92 Å². The maximum absolute atomic E-state index is 12.5. The van der Waals surface area contributed by atoms with E-state index < -0.39 is 11.8 Å². The molecule has 1 fully saturated rings. The van der Waals surface area contributed by atoms with E-state index in [0.29, 0.717) is 5.19 Å². The molecule has 82 valence electrons. The molecule has 2 rings (SSSR count). The number of nitrogens with zero attached hydrogens (tertiary/aromatic N) is 1. The van der Waals surface area contributed by atoms with Gasteiger partial charge in [-0.1, -0.05) is 11.3 Å². The minimum atomic E-state index is -2.67. The fourth-order valence-electron chi connectivity index (χ4n) is 1.52. The summed E-state index contributed by atoms with van der Waals surface area (Å²) in [6, 6.07) is 0. The number of thiazole rings is 1. The lowest BCUT2D eigenvalue weighted by Gasteiger charge is -2.33. The zero-order valence-corrected chi connectivity index (χ0v) is 8.81. The standard InChI is InChI=1S/C9H9F2NO2S/c1-14-8-12-6(4-15-8)7(13)5-2-9(10,11)3-5/h4-5H,2-3H2,1H3. The molecule has 0 saturated heterocycles. The minimum absolute atomic E-state index is 0.234. The fraction of sp³-hybridized carbons (Fsp3) is 0.556. The number of hydrogen-bond donors (Lipinski definition) is 0. The lowest BCUT2D eigenvalue weighted by molar-refractivity contribution is -0.0982. The third kappa shape index (κ3) is 1.99. The zero-order chi connectivity index (χ0) is 11.1. The molecule has 0 radical (unpaired) electrons. The molecule has 1 aliphatic rings. The van der Waals surface area contributed by atoms with Crippen LogP contribution in [-0.4, -0.2) is 23.8 Å². The lowest BCUT2D eigenvalue weighted by atomic mass is 9.78. The van der Waals surface area contributed by atoms with Crippen molar-refractivity contribution in [3.63, 3.8) is 0 Å². The highest BCUT2D eigenvalue weighted by Gasteiger charge is 2.49. The highest BCUT2D eigenvalue weighted by Crippen LogP contribution is 2.43. The van der Waals surface area contributed by atoms with E-state index in [0.717, 1.165) is 0 Å². The van der Waals surface area contributed by atoms with Gasteiger partial charge in [0, 0.05) is 24.1 Å². The summed E-state index contributed by atoms with van der Waals surface area (Å²) in [5.74, 6) is -3.55. The van der Waals surface area contributed by atoms with Gasteiger partial charge in [-0.05, 0) is 0 Å². The molecule has 1 aromatic rings. The van der Waals surface area contributed by atoms with Gasteiger partial charge in [0.15, 0.2) is 5.78 Å². The van der Waals surface area contributed by atoms with Crippen molar-refractivity contribution in [3.8, 4) is 5.19 Å². The smallest absolute Gasteiger partial charge is 0.273 e. The largest absolute Gasteiger partial charge is 0.473 e. The van der Waals surface area contributed by atoms with Gasteiger partial charge < -0.3 is 4.74 Å². The van der Waals surface area contributed by atoms with Crippen LogP contribution in [0.5, 0.6) is 5.19 Å². The predicted molar refractivity (Wildman–Crippen MR) is 50.7 cm³/mol. The Bertz CT molecular complexity index is 383. The summed E-state index contributed by atoms with van der Waals surface area (Å²) in [6.07, 6.45) is -0.711. The zero-order valence-electron chi connectivity index (χ0n) is 8.00. The monoisotopic (exact) mass is 233 g/mol. The van der Waals surface area contributed by atoms with Crippen molar-refractivity contribution in [2.45, 2.75) is 18.8 Å². The molecule has 0 aromatic carbocycles. The second-order valence-electron chi connectivity index (χ2n) is 3.53. The molecule has 0 atom stereocenters. The number of ether oxygens (including phenoxy) is 1. The second kappa shape index (κ2) is 3.52. The first-order valence-electron chi connectivity index (χ1n) is 4.43. The average Bonchev–Trinajstić information content (AvgIpc) is 2.61. The van der Waals surface area contributed by atoms with Crippen molar-refractivity contribution in [3.05, 3.63) is 11.1 Å². The predicted octanol–water partition coefficient (Wildman–Crippen LogP) is 2.38. The number of rotatable bonds is 3. The number of halogens is 2. The van der Waals surface area contributed by atoms with E-state index in [9.17, 15) is 13.6 Å². The van der Waals surface area contributed by atoms with Gasteiger partial charge in [-0.3, -0.25) is 4.79 Å². The first-order chi connectivity index (χ1) is 7.02. The van der Waals surface area contributed by atoms with Crippen molar-refractivity contribution >= 4 is 17.1 Å². The van der Waals surface area contributed by atoms with Crippen LogP contribution in [0.4, 0.5) is 8.78 Å². The van der Waals surface area contributed by atoms with Crippen LogP contribution in [0, 0.1) is 5.92 Å². The summed E-state index contributed by atoms with van der Waals surface area (Å²) in [7, 11) is 1.45. The van der Waals surface area contributed by atoms with Gasteiger partial charge in [-0.15, -0.1) is 0 Å². The number of carbonyl (C=O) groups excluding carboxylic acids is 1. The highest BCUT2D eigenvalue weighted by atomic mass is 32.1. The number of aromatic nitrogens is 1. The van der Waals surface area contributed by atoms with E-state index in [1.165, 1.54) is 23.8 Å². The Kier molecular flexibility index (Phi) is 2.46. The molecule has 0 N–H and O–H groups in total. The van der Waals surface area contributed by atoms with E-state index >= 15 is 0 Å². The number of methoxy groups -OCH3 is 1. The van der Waals surface area contributed by atoms with Crippen LogP contribution in [0.15, 0.2) is 5.38 Å². The minimum Gasteiger partial charge on any atom is -0.473 e. The Morgan fingerprint density at radius 3 is 2.80 bits per heavy atom. The SMILES string of the molecule is COc1nc(C(=O)C2CC(F)(F)C2)cs1. The molecule has 1 aliphatic carbocycles. The molecule has 0 bridgehead atoms. The fourth-order valence-corrected chi connectivity index (χ4v) is 2.15. The van der Waals surface area contributed by atoms with Crippen LogP contribution >= 0.6 is 11.3 Å². The molecular weight excluding hydrogens is 224 g/mol. The van der Waals surface area contributed by atoms with Crippen LogP contribution in [-0.2, 0) is 0 Å². The normalized spacial score (nSPS) is 19.7. The highest BCUT2D eigenvalue weighted by molar-refractivity contribution is 7.11. The Morgan fingerprint density at radius 2 is 2.33 bits per heavy atom. The van der Waals surface area contributed by atoms with E-state index in [1.54, 1.807) is 0 Å². The molecular formula is C9H9F2NO2S. The van der Waals surface area contributed by atoms with Crippen LogP contribution in [0.3, 0.4) is 0 Å². The molecule has 0 amide bonds. The summed E-state index contributed by atoms with van der Waals surface area (Å²) >= 11 is 1.19. The van der Waals surface area contributed by atoms with Gasteiger partial charge in [-0.25, -0.2) is 8.78 Å². The second-order valence-corrected chi connectivity index (χ2v) is 4.35. The molecule has 15 heavy (non-hydrogen) atoms. The maximum atomic E-state index is 12.5. The summed E-state index contributed by atoms with van der Waals surface area (Å²) in [6.45, 7) is 0. The van der Waals surface area contributed by atoms with Gasteiger partial charge in [0.25, 0.3) is 5.19 Å². The van der Waals surface area contributed by atoms with Crippen molar-refractivity contribution in [1.82, 2.24) is 4.98 Å². The van der Waals surface area contributed by atoms with E-state index in [2.05, 4.69) is 4.98 Å². The Hall–Kier alpha value is -1.04. The number of hydrogen-bond acceptors (Lipinski definition) is 4. The first kappa shape index (κ1) is 10.5. The third-order valence-corrected chi connectivity index (χ3v) is 3.17. The maximum Gasteiger partial charge on any atom is 0.273 e. The average molecular weight is 233 g/mol.